The van der Waals surface area contributed by atoms with Crippen LogP contribution in [0.2, 0.25) is 0 Å². The monoisotopic (exact) mass is 506 g/mol. The molecule has 4 aromatic rings. The van der Waals surface area contributed by atoms with Gasteiger partial charge in [-0.25, -0.2) is 17.6 Å². The third-order valence-electron chi connectivity index (χ3n) is 5.24. The first-order valence-electron chi connectivity index (χ1n) is 10.5. The largest absolute Gasteiger partial charge is 0.506 e. The quantitative estimate of drug-likeness (QED) is 0.207. The van der Waals surface area contributed by atoms with Crippen molar-refractivity contribution in [1.82, 2.24) is 0 Å². The molecule has 4 aromatic carbocycles. The minimum Gasteiger partial charge on any atom is -0.506 e. The number of carboxylic acid groups (broad SMARTS) is 1. The van der Waals surface area contributed by atoms with Gasteiger partial charge in [-0.3, -0.25) is 9.52 Å². The molecule has 0 aromatic heterocycles. The molecule has 4 N–H and O–H groups in total. The highest BCUT2D eigenvalue weighted by atomic mass is 32.2. The average Bonchev–Trinajstić information content (AvgIpc) is 2.86. The molecule has 1 amide bonds. The molecule has 0 heterocycles. The number of aromatic hydroxyl groups is 1. The van der Waals surface area contributed by atoms with Crippen molar-refractivity contribution in [3.8, 4) is 16.9 Å². The number of benzene rings is 4. The van der Waals surface area contributed by atoms with E-state index in [4.69, 9.17) is 0 Å². The fourth-order valence-corrected chi connectivity index (χ4v) is 4.50. The highest BCUT2D eigenvalue weighted by molar-refractivity contribution is 7.92. The van der Waals surface area contributed by atoms with E-state index in [1.807, 2.05) is 0 Å². The number of phenols is 1. The van der Waals surface area contributed by atoms with E-state index in [2.05, 4.69) is 10.0 Å². The zero-order valence-electron chi connectivity index (χ0n) is 18.5. The van der Waals surface area contributed by atoms with Crippen molar-refractivity contribution in [2.24, 2.45) is 0 Å². The smallest absolute Gasteiger partial charge is 0.336 e. The van der Waals surface area contributed by atoms with Crippen molar-refractivity contribution < 1.29 is 32.6 Å². The molecule has 0 aliphatic carbocycles. The summed E-state index contributed by atoms with van der Waals surface area (Å²) in [6, 6.07) is 20.8. The maximum atomic E-state index is 13.1. The molecule has 182 valence electrons. The Balaban J connectivity index is 1.52. The second-order valence-electron chi connectivity index (χ2n) is 7.67. The van der Waals surface area contributed by atoms with Gasteiger partial charge in [0.25, 0.3) is 15.9 Å². The summed E-state index contributed by atoms with van der Waals surface area (Å²) in [6.07, 6.45) is 0. The Morgan fingerprint density at radius 3 is 2.17 bits per heavy atom. The lowest BCUT2D eigenvalue weighted by Gasteiger charge is -2.12. The summed E-state index contributed by atoms with van der Waals surface area (Å²) in [6.45, 7) is 0. The molecular weight excluding hydrogens is 487 g/mol. The average molecular weight is 507 g/mol. The topological polar surface area (TPSA) is 133 Å². The first-order valence-corrected chi connectivity index (χ1v) is 12.0. The maximum Gasteiger partial charge on any atom is 0.336 e. The number of rotatable bonds is 7. The van der Waals surface area contributed by atoms with Gasteiger partial charge in [-0.2, -0.15) is 0 Å². The molecule has 0 spiro atoms. The van der Waals surface area contributed by atoms with E-state index in [0.29, 0.717) is 11.1 Å². The number of phenolic OH excluding ortho intramolecular Hbond substituents is 1. The lowest BCUT2D eigenvalue weighted by atomic mass is 9.98. The van der Waals surface area contributed by atoms with Crippen molar-refractivity contribution in [1.29, 1.82) is 0 Å². The van der Waals surface area contributed by atoms with E-state index >= 15 is 0 Å². The van der Waals surface area contributed by atoms with Crippen molar-refractivity contribution in [2.45, 2.75) is 4.90 Å². The van der Waals surface area contributed by atoms with Crippen LogP contribution in [0.25, 0.3) is 11.1 Å². The second kappa shape index (κ2) is 9.88. The lowest BCUT2D eigenvalue weighted by Crippen LogP contribution is -2.14. The Bertz CT molecular complexity index is 1550. The molecule has 4 rings (SSSR count). The highest BCUT2D eigenvalue weighted by Gasteiger charge is 2.17. The van der Waals surface area contributed by atoms with Gasteiger partial charge >= 0.3 is 5.97 Å². The summed E-state index contributed by atoms with van der Waals surface area (Å²) < 4.78 is 40.5. The standard InChI is InChI=1S/C26H19FN2O6S/c27-18-9-12-20(13-10-18)36(34,35)29-23-15-19(11-14-24(23)30)28-25(31)17-7-5-16(6-8-17)21-3-1-2-4-22(21)26(32)33/h1-15,29-30H,(H,28,31)(H,32,33). The molecule has 0 fully saturated rings. The number of halogens is 1. The number of anilines is 2. The number of amides is 1. The van der Waals surface area contributed by atoms with Crippen LogP contribution in [0, 0.1) is 5.82 Å². The van der Waals surface area contributed by atoms with Crippen LogP contribution in [0.1, 0.15) is 20.7 Å². The molecule has 0 aliphatic heterocycles. The van der Waals surface area contributed by atoms with Gasteiger partial charge in [0.2, 0.25) is 0 Å². The van der Waals surface area contributed by atoms with E-state index in [9.17, 15) is 32.6 Å². The molecule has 0 radical (unpaired) electrons. The zero-order chi connectivity index (χ0) is 25.9. The van der Waals surface area contributed by atoms with Gasteiger partial charge in [0.05, 0.1) is 16.1 Å². The van der Waals surface area contributed by atoms with E-state index in [-0.39, 0.29) is 33.1 Å². The molecule has 0 atom stereocenters. The molecule has 8 nitrogen and oxygen atoms in total. The number of nitrogens with one attached hydrogen (secondary N) is 2. The van der Waals surface area contributed by atoms with Crippen molar-refractivity contribution in [3.63, 3.8) is 0 Å². The summed E-state index contributed by atoms with van der Waals surface area (Å²) in [7, 11) is -4.12. The number of carboxylic acids is 1. The predicted molar refractivity (Wildman–Crippen MR) is 132 cm³/mol. The van der Waals surface area contributed by atoms with Crippen LogP contribution in [0.4, 0.5) is 15.8 Å². The Kier molecular flexibility index (Phi) is 6.71. The SMILES string of the molecule is O=C(Nc1ccc(O)c(NS(=O)(=O)c2ccc(F)cc2)c1)c1ccc(-c2ccccc2C(=O)O)cc1. The molecule has 0 bridgehead atoms. The van der Waals surface area contributed by atoms with Crippen LogP contribution in [-0.2, 0) is 10.0 Å². The number of carbonyl (C=O) groups excluding carboxylic acids is 1. The minimum absolute atomic E-state index is 0.134. The van der Waals surface area contributed by atoms with Crippen LogP contribution < -0.4 is 10.0 Å². The van der Waals surface area contributed by atoms with Gasteiger partial charge in [0, 0.05) is 11.3 Å². The second-order valence-corrected chi connectivity index (χ2v) is 9.36. The normalized spacial score (nSPS) is 11.0. The van der Waals surface area contributed by atoms with Gasteiger partial charge in [0.15, 0.2) is 0 Å². The van der Waals surface area contributed by atoms with Crippen LogP contribution in [0.5, 0.6) is 5.75 Å². The van der Waals surface area contributed by atoms with E-state index in [1.165, 1.54) is 36.4 Å². The fourth-order valence-electron chi connectivity index (χ4n) is 3.44. The predicted octanol–water partition coefficient (Wildman–Crippen LogP) is 4.95. The van der Waals surface area contributed by atoms with E-state index in [1.54, 1.807) is 30.3 Å². The van der Waals surface area contributed by atoms with Gasteiger partial charge in [-0.1, -0.05) is 30.3 Å². The minimum atomic E-state index is -4.12. The molecule has 36 heavy (non-hydrogen) atoms. The van der Waals surface area contributed by atoms with Gasteiger partial charge in [0.1, 0.15) is 11.6 Å². The van der Waals surface area contributed by atoms with Crippen molar-refractivity contribution in [3.05, 3.63) is 108 Å². The van der Waals surface area contributed by atoms with Crippen LogP contribution >= 0.6 is 0 Å². The molecule has 10 heteroatoms. The summed E-state index contributed by atoms with van der Waals surface area (Å²) in [5.74, 6) is -2.54. The maximum absolute atomic E-state index is 13.1. The summed E-state index contributed by atoms with van der Waals surface area (Å²) in [4.78, 5) is 24.0. The molecule has 0 aliphatic rings. The third-order valence-corrected chi connectivity index (χ3v) is 6.62. The zero-order valence-corrected chi connectivity index (χ0v) is 19.3. The van der Waals surface area contributed by atoms with Crippen LogP contribution in [0.3, 0.4) is 0 Å². The van der Waals surface area contributed by atoms with E-state index < -0.39 is 27.7 Å². The Morgan fingerprint density at radius 1 is 0.833 bits per heavy atom. The highest BCUT2D eigenvalue weighted by Crippen LogP contribution is 2.30. The number of carbonyl (C=O) groups is 2. The Labute approximate surface area is 205 Å². The van der Waals surface area contributed by atoms with Crippen molar-refractivity contribution >= 4 is 33.3 Å². The fraction of sp³-hybridized carbons (Fsp3) is 0. The first kappa shape index (κ1) is 24.4. The number of hydrogen-bond donors (Lipinski definition) is 4. The van der Waals surface area contributed by atoms with E-state index in [0.717, 1.165) is 24.3 Å². The number of aromatic carboxylic acids is 1. The molecule has 0 unspecified atom stereocenters. The molecular formula is C26H19FN2O6S. The third kappa shape index (κ3) is 5.34. The molecule has 0 saturated carbocycles. The number of sulfonamides is 1. The summed E-state index contributed by atoms with van der Waals surface area (Å²) in [5.41, 5.74) is 1.55. The molecule has 0 saturated heterocycles. The van der Waals surface area contributed by atoms with Crippen LogP contribution in [-0.4, -0.2) is 30.5 Å². The Morgan fingerprint density at radius 2 is 1.50 bits per heavy atom. The first-order chi connectivity index (χ1) is 17.1. The van der Waals surface area contributed by atoms with Crippen LogP contribution in [0.15, 0.2) is 95.9 Å². The number of hydrogen-bond acceptors (Lipinski definition) is 5. The summed E-state index contributed by atoms with van der Waals surface area (Å²) >= 11 is 0. The van der Waals surface area contributed by atoms with Crippen molar-refractivity contribution in [2.75, 3.05) is 10.0 Å². The summed E-state index contributed by atoms with van der Waals surface area (Å²) in [5, 5.41) is 22.1. The van der Waals surface area contributed by atoms with Gasteiger partial charge < -0.3 is 15.5 Å². The van der Waals surface area contributed by atoms with Gasteiger partial charge in [-0.15, -0.1) is 0 Å². The Hall–Kier alpha value is -4.70. The van der Waals surface area contributed by atoms with Gasteiger partial charge in [-0.05, 0) is 71.8 Å². The lowest BCUT2D eigenvalue weighted by molar-refractivity contribution is 0.0697.